The average Bonchev–Trinajstić information content (AvgIpc) is 2.84. The maximum Gasteiger partial charge on any atom is 0.0345 e. The third-order valence-electron chi connectivity index (χ3n) is 4.97. The number of benzene rings is 1. The molecule has 0 aliphatic carbocycles. The number of nitrogens with zero attached hydrogens (tertiary/aromatic N) is 2. The van der Waals surface area contributed by atoms with Gasteiger partial charge in [-0.05, 0) is 77.0 Å². The summed E-state index contributed by atoms with van der Waals surface area (Å²) in [4.78, 5) is 4.97. The van der Waals surface area contributed by atoms with E-state index in [1.165, 1.54) is 42.7 Å². The van der Waals surface area contributed by atoms with E-state index in [4.69, 9.17) is 0 Å². The highest BCUT2D eigenvalue weighted by atomic mass is 15.2. The molecule has 0 aromatic heterocycles. The Morgan fingerprint density at radius 2 is 1.71 bits per heavy atom. The first-order chi connectivity index (χ1) is 9.91. The molecule has 3 rings (SSSR count). The van der Waals surface area contributed by atoms with Gasteiger partial charge in [-0.25, -0.2) is 0 Å². The molecule has 1 saturated heterocycles. The van der Waals surface area contributed by atoms with Crippen molar-refractivity contribution in [2.45, 2.75) is 58.3 Å². The third kappa shape index (κ3) is 3.41. The van der Waals surface area contributed by atoms with Crippen molar-refractivity contribution in [2.75, 3.05) is 25.5 Å². The molecule has 0 atom stereocenters. The van der Waals surface area contributed by atoms with Crippen molar-refractivity contribution in [3.05, 3.63) is 29.3 Å². The normalized spacial score (nSPS) is 21.5. The van der Waals surface area contributed by atoms with Gasteiger partial charge in [0.15, 0.2) is 0 Å². The number of anilines is 1. The average molecular weight is 287 g/mol. The Morgan fingerprint density at radius 3 is 2.38 bits per heavy atom. The highest BCUT2D eigenvalue weighted by Gasteiger charge is 2.28. The van der Waals surface area contributed by atoms with E-state index in [0.717, 1.165) is 13.1 Å². The largest absolute Gasteiger partial charge is 0.382 e. The zero-order chi connectivity index (χ0) is 15.0. The van der Waals surface area contributed by atoms with Gasteiger partial charge in [0.1, 0.15) is 0 Å². The van der Waals surface area contributed by atoms with Crippen molar-refractivity contribution < 1.29 is 0 Å². The van der Waals surface area contributed by atoms with E-state index in [1.54, 1.807) is 0 Å². The van der Waals surface area contributed by atoms with Crippen LogP contribution in [0.5, 0.6) is 0 Å². The molecule has 1 aromatic carbocycles. The second kappa shape index (κ2) is 5.62. The lowest BCUT2D eigenvalue weighted by Crippen LogP contribution is -2.37. The monoisotopic (exact) mass is 287 g/mol. The van der Waals surface area contributed by atoms with E-state index in [2.05, 4.69) is 61.1 Å². The molecule has 1 aromatic rings. The molecule has 3 nitrogen and oxygen atoms in total. The molecule has 3 heteroatoms. The molecule has 1 N–H and O–H groups in total. The third-order valence-corrected chi connectivity index (χ3v) is 4.97. The first-order valence-electron chi connectivity index (χ1n) is 8.24. The summed E-state index contributed by atoms with van der Waals surface area (Å²) in [6.07, 6.45) is 2.50. The number of hydrogen-bond donors (Lipinski definition) is 1. The smallest absolute Gasteiger partial charge is 0.0345 e. The first-order valence-corrected chi connectivity index (χ1v) is 8.24. The number of nitrogens with one attached hydrogen (secondary N) is 1. The van der Waals surface area contributed by atoms with Crippen LogP contribution in [-0.2, 0) is 13.1 Å². The summed E-state index contributed by atoms with van der Waals surface area (Å²) >= 11 is 0. The van der Waals surface area contributed by atoms with E-state index in [1.807, 2.05) is 0 Å². The van der Waals surface area contributed by atoms with Crippen LogP contribution in [0.15, 0.2) is 18.2 Å². The molecule has 2 aliphatic rings. The molecule has 0 radical (unpaired) electrons. The standard InChI is InChI=1S/C18H29N3/c1-18(2,3)21-12-14-5-6-17(11-15(14)13-21)19-16-7-9-20(4)10-8-16/h5-6,11,16,19H,7-10,12-13H2,1-4H3. The summed E-state index contributed by atoms with van der Waals surface area (Å²) in [5.74, 6) is 0. The van der Waals surface area contributed by atoms with Gasteiger partial charge in [0.05, 0.1) is 0 Å². The lowest BCUT2D eigenvalue weighted by Gasteiger charge is -2.31. The molecule has 21 heavy (non-hydrogen) atoms. The Labute approximate surface area is 129 Å². The molecule has 0 spiro atoms. The van der Waals surface area contributed by atoms with Crippen LogP contribution in [0.3, 0.4) is 0 Å². The van der Waals surface area contributed by atoms with Gasteiger partial charge < -0.3 is 10.2 Å². The molecule has 2 aliphatic heterocycles. The van der Waals surface area contributed by atoms with Crippen molar-refractivity contribution in [3.8, 4) is 0 Å². The lowest BCUT2D eigenvalue weighted by atomic mass is 10.0. The summed E-state index contributed by atoms with van der Waals surface area (Å²) in [6, 6.07) is 7.60. The minimum atomic E-state index is 0.251. The van der Waals surface area contributed by atoms with Crippen molar-refractivity contribution in [2.24, 2.45) is 0 Å². The van der Waals surface area contributed by atoms with Crippen LogP contribution in [0.4, 0.5) is 5.69 Å². The van der Waals surface area contributed by atoms with Crippen LogP contribution in [0.25, 0.3) is 0 Å². The second-order valence-electron chi connectivity index (χ2n) is 7.73. The first kappa shape index (κ1) is 14.9. The van der Waals surface area contributed by atoms with Crippen LogP contribution in [-0.4, -0.2) is 41.5 Å². The zero-order valence-corrected chi connectivity index (χ0v) is 13.9. The summed E-state index contributed by atoms with van der Waals surface area (Å²) < 4.78 is 0. The van der Waals surface area contributed by atoms with Gasteiger partial charge in [-0.2, -0.15) is 0 Å². The predicted octanol–water partition coefficient (Wildman–Crippen LogP) is 3.31. The summed E-state index contributed by atoms with van der Waals surface area (Å²) in [5.41, 5.74) is 4.56. The predicted molar refractivity (Wildman–Crippen MR) is 89.6 cm³/mol. The minimum Gasteiger partial charge on any atom is -0.382 e. The maximum atomic E-state index is 3.74. The van der Waals surface area contributed by atoms with Crippen LogP contribution in [0.2, 0.25) is 0 Å². The van der Waals surface area contributed by atoms with E-state index in [-0.39, 0.29) is 5.54 Å². The fourth-order valence-electron chi connectivity index (χ4n) is 3.35. The summed E-state index contributed by atoms with van der Waals surface area (Å²) in [6.45, 7) is 11.5. The fraction of sp³-hybridized carbons (Fsp3) is 0.667. The van der Waals surface area contributed by atoms with E-state index >= 15 is 0 Å². The van der Waals surface area contributed by atoms with Crippen molar-refractivity contribution in [1.29, 1.82) is 0 Å². The Morgan fingerprint density at radius 1 is 1.05 bits per heavy atom. The van der Waals surface area contributed by atoms with Gasteiger partial charge in [0.2, 0.25) is 0 Å². The highest BCUT2D eigenvalue weighted by molar-refractivity contribution is 5.50. The molecule has 0 saturated carbocycles. The molecule has 0 bridgehead atoms. The second-order valence-corrected chi connectivity index (χ2v) is 7.73. The summed E-state index contributed by atoms with van der Waals surface area (Å²) in [7, 11) is 2.21. The Hall–Kier alpha value is -1.06. The van der Waals surface area contributed by atoms with Crippen molar-refractivity contribution >= 4 is 5.69 Å². The molecule has 1 fully saturated rings. The lowest BCUT2D eigenvalue weighted by molar-refractivity contribution is 0.136. The molecular weight excluding hydrogens is 258 g/mol. The van der Waals surface area contributed by atoms with Crippen molar-refractivity contribution in [3.63, 3.8) is 0 Å². The van der Waals surface area contributed by atoms with Crippen LogP contribution in [0.1, 0.15) is 44.7 Å². The van der Waals surface area contributed by atoms with Crippen LogP contribution in [0, 0.1) is 0 Å². The zero-order valence-electron chi connectivity index (χ0n) is 13.9. The van der Waals surface area contributed by atoms with Gasteiger partial charge in [0.25, 0.3) is 0 Å². The highest BCUT2D eigenvalue weighted by Crippen LogP contribution is 2.31. The number of rotatable bonds is 2. The quantitative estimate of drug-likeness (QED) is 0.900. The summed E-state index contributed by atoms with van der Waals surface area (Å²) in [5, 5.41) is 3.74. The van der Waals surface area contributed by atoms with Crippen LogP contribution < -0.4 is 5.32 Å². The SMILES string of the molecule is CN1CCC(Nc2ccc3c(c2)CN(C(C)(C)C)C3)CC1. The van der Waals surface area contributed by atoms with Gasteiger partial charge in [-0.15, -0.1) is 0 Å². The number of fused-ring (bicyclic) bond motifs is 1. The van der Waals surface area contributed by atoms with Crippen molar-refractivity contribution in [1.82, 2.24) is 9.80 Å². The van der Waals surface area contributed by atoms with Gasteiger partial charge in [-0.1, -0.05) is 6.07 Å². The molecule has 0 amide bonds. The van der Waals surface area contributed by atoms with E-state index in [9.17, 15) is 0 Å². The van der Waals surface area contributed by atoms with Crippen LogP contribution >= 0.6 is 0 Å². The Kier molecular flexibility index (Phi) is 3.98. The number of hydrogen-bond acceptors (Lipinski definition) is 3. The van der Waals surface area contributed by atoms with E-state index < -0.39 is 0 Å². The minimum absolute atomic E-state index is 0.251. The van der Waals surface area contributed by atoms with Gasteiger partial charge in [-0.3, -0.25) is 4.90 Å². The topological polar surface area (TPSA) is 18.5 Å². The molecular formula is C18H29N3. The van der Waals surface area contributed by atoms with E-state index in [0.29, 0.717) is 6.04 Å². The Balaban J connectivity index is 1.65. The maximum absolute atomic E-state index is 3.74. The molecule has 2 heterocycles. The molecule has 116 valence electrons. The number of likely N-dealkylation sites (tertiary alicyclic amines) is 1. The number of piperidine rings is 1. The van der Waals surface area contributed by atoms with Gasteiger partial charge >= 0.3 is 0 Å². The molecule has 0 unspecified atom stereocenters. The van der Waals surface area contributed by atoms with Gasteiger partial charge in [0, 0.05) is 30.4 Å². The fourth-order valence-corrected chi connectivity index (χ4v) is 3.35. The Bertz CT molecular complexity index is 496.